The fourth-order valence-electron chi connectivity index (χ4n) is 1.76. The highest BCUT2D eigenvalue weighted by molar-refractivity contribution is 5.82. The van der Waals surface area contributed by atoms with Crippen LogP contribution < -0.4 is 0 Å². The number of ketones is 1. The van der Waals surface area contributed by atoms with Gasteiger partial charge in [0.1, 0.15) is 5.78 Å². The third-order valence-corrected chi connectivity index (χ3v) is 2.69. The van der Waals surface area contributed by atoms with E-state index in [1.54, 1.807) is 0 Å². The van der Waals surface area contributed by atoms with E-state index in [1.807, 2.05) is 6.92 Å². The molecule has 72 valence electrons. The molecule has 3 heteroatoms. The Bertz CT molecular complexity index is 232. The standard InChI is InChI=1S/C10H16N2O/c1-8-7-12(5-3-4-11)9(2)6-10(8)13/h8-9H,3,5-7H2,1-2H3. The third-order valence-electron chi connectivity index (χ3n) is 2.69. The van der Waals surface area contributed by atoms with Crippen molar-refractivity contribution in [2.24, 2.45) is 5.92 Å². The van der Waals surface area contributed by atoms with E-state index in [2.05, 4.69) is 17.9 Å². The van der Waals surface area contributed by atoms with Gasteiger partial charge in [0, 0.05) is 37.9 Å². The number of Topliss-reactive ketones (excluding diaryl/α,β-unsaturated/α-hetero) is 1. The van der Waals surface area contributed by atoms with Crippen LogP contribution in [0, 0.1) is 17.2 Å². The van der Waals surface area contributed by atoms with E-state index >= 15 is 0 Å². The van der Waals surface area contributed by atoms with Gasteiger partial charge < -0.3 is 0 Å². The summed E-state index contributed by atoms with van der Waals surface area (Å²) in [6.07, 6.45) is 1.21. The summed E-state index contributed by atoms with van der Waals surface area (Å²) in [6, 6.07) is 2.45. The second kappa shape index (κ2) is 4.38. The second-order valence-corrected chi connectivity index (χ2v) is 3.82. The van der Waals surface area contributed by atoms with Gasteiger partial charge >= 0.3 is 0 Å². The van der Waals surface area contributed by atoms with Gasteiger partial charge in [-0.3, -0.25) is 9.69 Å². The van der Waals surface area contributed by atoms with Gasteiger partial charge in [-0.25, -0.2) is 0 Å². The molecule has 0 aliphatic carbocycles. The summed E-state index contributed by atoms with van der Waals surface area (Å²) < 4.78 is 0. The molecule has 1 aliphatic heterocycles. The van der Waals surface area contributed by atoms with Crippen molar-refractivity contribution >= 4 is 5.78 Å². The zero-order valence-corrected chi connectivity index (χ0v) is 8.29. The first kappa shape index (κ1) is 10.2. The average molecular weight is 180 g/mol. The van der Waals surface area contributed by atoms with Gasteiger partial charge in [0.2, 0.25) is 0 Å². The van der Waals surface area contributed by atoms with Crippen LogP contribution in [0.25, 0.3) is 0 Å². The summed E-state index contributed by atoms with van der Waals surface area (Å²) in [5.41, 5.74) is 0. The molecular formula is C10H16N2O. The molecule has 0 aromatic heterocycles. The Labute approximate surface area is 79.3 Å². The minimum absolute atomic E-state index is 0.148. The maximum absolute atomic E-state index is 11.3. The van der Waals surface area contributed by atoms with Crippen molar-refractivity contribution in [1.82, 2.24) is 4.90 Å². The maximum atomic E-state index is 11.3. The first-order valence-corrected chi connectivity index (χ1v) is 4.79. The van der Waals surface area contributed by atoms with Crippen LogP contribution in [0.15, 0.2) is 0 Å². The number of rotatable bonds is 2. The van der Waals surface area contributed by atoms with E-state index in [9.17, 15) is 4.79 Å². The van der Waals surface area contributed by atoms with Gasteiger partial charge in [0.05, 0.1) is 6.07 Å². The van der Waals surface area contributed by atoms with Gasteiger partial charge in [-0.15, -0.1) is 0 Å². The van der Waals surface area contributed by atoms with Crippen molar-refractivity contribution in [2.75, 3.05) is 13.1 Å². The lowest BCUT2D eigenvalue weighted by atomic mass is 9.93. The zero-order valence-electron chi connectivity index (χ0n) is 8.29. The minimum Gasteiger partial charge on any atom is -0.299 e. The SMILES string of the molecule is CC1CN(CCC#N)C(C)CC1=O. The lowest BCUT2D eigenvalue weighted by Crippen LogP contribution is -2.45. The van der Waals surface area contributed by atoms with Crippen molar-refractivity contribution in [1.29, 1.82) is 5.26 Å². The molecular weight excluding hydrogens is 164 g/mol. The van der Waals surface area contributed by atoms with Gasteiger partial charge in [0.15, 0.2) is 0 Å². The van der Waals surface area contributed by atoms with Crippen molar-refractivity contribution in [2.45, 2.75) is 32.7 Å². The van der Waals surface area contributed by atoms with E-state index in [0.717, 1.165) is 13.1 Å². The molecule has 0 spiro atoms. The monoisotopic (exact) mass is 180 g/mol. The molecule has 0 bridgehead atoms. The van der Waals surface area contributed by atoms with Crippen LogP contribution >= 0.6 is 0 Å². The summed E-state index contributed by atoms with van der Waals surface area (Å²) in [5.74, 6) is 0.510. The molecule has 2 unspecified atom stereocenters. The Morgan fingerprint density at radius 1 is 1.62 bits per heavy atom. The van der Waals surface area contributed by atoms with Crippen LogP contribution in [0.1, 0.15) is 26.7 Å². The van der Waals surface area contributed by atoms with Gasteiger partial charge in [-0.1, -0.05) is 6.92 Å². The van der Waals surface area contributed by atoms with Gasteiger partial charge in [0.25, 0.3) is 0 Å². The number of nitrogens with zero attached hydrogens (tertiary/aromatic N) is 2. The lowest BCUT2D eigenvalue weighted by Gasteiger charge is -2.35. The summed E-state index contributed by atoms with van der Waals surface area (Å²) in [4.78, 5) is 13.6. The Morgan fingerprint density at radius 2 is 2.31 bits per heavy atom. The molecule has 1 saturated heterocycles. The summed E-state index contributed by atoms with van der Waals surface area (Å²) in [6.45, 7) is 5.64. The van der Waals surface area contributed by atoms with Crippen LogP contribution in [0.5, 0.6) is 0 Å². The first-order chi connectivity index (χ1) is 6.15. The van der Waals surface area contributed by atoms with E-state index in [0.29, 0.717) is 24.7 Å². The molecule has 0 N–H and O–H groups in total. The molecule has 0 saturated carbocycles. The molecule has 0 radical (unpaired) electrons. The molecule has 0 aromatic rings. The molecule has 0 amide bonds. The molecule has 13 heavy (non-hydrogen) atoms. The third kappa shape index (κ3) is 2.53. The van der Waals surface area contributed by atoms with Crippen LogP contribution in [0.2, 0.25) is 0 Å². The zero-order chi connectivity index (χ0) is 9.84. The topological polar surface area (TPSA) is 44.1 Å². The normalized spacial score (nSPS) is 30.1. The molecule has 1 fully saturated rings. The molecule has 2 atom stereocenters. The lowest BCUT2D eigenvalue weighted by molar-refractivity contribution is -0.127. The highest BCUT2D eigenvalue weighted by Gasteiger charge is 2.28. The number of likely N-dealkylation sites (tertiary alicyclic amines) is 1. The summed E-state index contributed by atoms with van der Waals surface area (Å²) >= 11 is 0. The number of carbonyl (C=O) groups is 1. The van der Waals surface area contributed by atoms with Crippen molar-refractivity contribution < 1.29 is 4.79 Å². The van der Waals surface area contributed by atoms with Gasteiger partial charge in [-0.2, -0.15) is 5.26 Å². The predicted molar refractivity (Wildman–Crippen MR) is 50.1 cm³/mol. The minimum atomic E-state index is 0.148. The highest BCUT2D eigenvalue weighted by Crippen LogP contribution is 2.18. The van der Waals surface area contributed by atoms with Crippen molar-refractivity contribution in [3.05, 3.63) is 0 Å². The number of carbonyl (C=O) groups excluding carboxylic acids is 1. The first-order valence-electron chi connectivity index (χ1n) is 4.79. The van der Waals surface area contributed by atoms with E-state index in [1.165, 1.54) is 0 Å². The predicted octanol–water partition coefficient (Wildman–Crippen LogP) is 1.20. The van der Waals surface area contributed by atoms with Gasteiger partial charge in [-0.05, 0) is 6.92 Å². The number of hydrogen-bond acceptors (Lipinski definition) is 3. The number of hydrogen-bond donors (Lipinski definition) is 0. The molecule has 3 nitrogen and oxygen atoms in total. The van der Waals surface area contributed by atoms with E-state index in [-0.39, 0.29) is 5.92 Å². The number of piperidine rings is 1. The average Bonchev–Trinajstić information content (AvgIpc) is 2.09. The maximum Gasteiger partial charge on any atom is 0.138 e. The van der Waals surface area contributed by atoms with Crippen molar-refractivity contribution in [3.8, 4) is 6.07 Å². The Morgan fingerprint density at radius 3 is 2.92 bits per heavy atom. The second-order valence-electron chi connectivity index (χ2n) is 3.82. The highest BCUT2D eigenvalue weighted by atomic mass is 16.1. The molecule has 1 rings (SSSR count). The van der Waals surface area contributed by atoms with E-state index < -0.39 is 0 Å². The molecule has 1 aliphatic rings. The fraction of sp³-hybridized carbons (Fsp3) is 0.800. The number of nitriles is 1. The molecule has 1 heterocycles. The van der Waals surface area contributed by atoms with Crippen LogP contribution in [0.3, 0.4) is 0 Å². The van der Waals surface area contributed by atoms with Crippen LogP contribution in [-0.2, 0) is 4.79 Å². The van der Waals surface area contributed by atoms with E-state index in [4.69, 9.17) is 5.26 Å². The quantitative estimate of drug-likeness (QED) is 0.641. The van der Waals surface area contributed by atoms with Crippen molar-refractivity contribution in [3.63, 3.8) is 0 Å². The Kier molecular flexibility index (Phi) is 3.44. The smallest absolute Gasteiger partial charge is 0.138 e. The fourth-order valence-corrected chi connectivity index (χ4v) is 1.76. The summed E-state index contributed by atoms with van der Waals surface area (Å²) in [5, 5.41) is 8.46. The Balaban J connectivity index is 2.47. The molecule has 0 aromatic carbocycles. The summed E-state index contributed by atoms with van der Waals surface area (Å²) in [7, 11) is 0. The van der Waals surface area contributed by atoms with Crippen LogP contribution in [-0.4, -0.2) is 29.8 Å². The largest absolute Gasteiger partial charge is 0.299 e. The Hall–Kier alpha value is -0.880. The van der Waals surface area contributed by atoms with Crippen LogP contribution in [0.4, 0.5) is 0 Å².